The van der Waals surface area contributed by atoms with E-state index in [1.54, 1.807) is 6.07 Å². The van der Waals surface area contributed by atoms with Gasteiger partial charge in [-0.25, -0.2) is 4.98 Å². The number of alkyl halides is 3. The van der Waals surface area contributed by atoms with Gasteiger partial charge in [-0.05, 0) is 18.0 Å². The number of anilines is 2. The lowest BCUT2D eigenvalue weighted by Crippen LogP contribution is -2.11. The van der Waals surface area contributed by atoms with Gasteiger partial charge in [-0.1, -0.05) is 6.92 Å². The first kappa shape index (κ1) is 13.6. The van der Waals surface area contributed by atoms with Crippen LogP contribution in [0.5, 0.6) is 0 Å². The van der Waals surface area contributed by atoms with Gasteiger partial charge >= 0.3 is 6.18 Å². The molecule has 9 heteroatoms. The molecule has 2 rings (SSSR count). The molecule has 0 bridgehead atoms. The van der Waals surface area contributed by atoms with Crippen LogP contribution in [0.1, 0.15) is 18.2 Å². The van der Waals surface area contributed by atoms with E-state index in [1.165, 1.54) is 0 Å². The van der Waals surface area contributed by atoms with Crippen LogP contribution in [0.25, 0.3) is 0 Å². The van der Waals surface area contributed by atoms with Crippen LogP contribution in [0.2, 0.25) is 5.28 Å². The predicted molar refractivity (Wildman–Crippen MR) is 63.3 cm³/mol. The molecule has 5 nitrogen and oxygen atoms in total. The molecule has 2 N–H and O–H groups in total. The molecule has 2 aromatic rings. The van der Waals surface area contributed by atoms with Crippen LogP contribution in [-0.4, -0.2) is 20.2 Å². The fourth-order valence-electron chi connectivity index (χ4n) is 1.39. The second-order valence-corrected chi connectivity index (χ2v) is 3.99. The molecular weight excluding hydrogens is 283 g/mol. The summed E-state index contributed by atoms with van der Waals surface area (Å²) >= 11 is 5.51. The molecule has 102 valence electrons. The maximum absolute atomic E-state index is 12.8. The van der Waals surface area contributed by atoms with Crippen molar-refractivity contribution in [2.24, 2.45) is 0 Å². The third kappa shape index (κ3) is 3.14. The van der Waals surface area contributed by atoms with Crippen LogP contribution < -0.4 is 5.32 Å². The summed E-state index contributed by atoms with van der Waals surface area (Å²) in [5.41, 5.74) is -0.214. The Hall–Kier alpha value is -1.83. The number of aromatic nitrogens is 4. The molecule has 0 unspecified atom stereocenters. The third-order valence-electron chi connectivity index (χ3n) is 2.32. The highest BCUT2D eigenvalue weighted by atomic mass is 35.5. The van der Waals surface area contributed by atoms with Gasteiger partial charge in [0.1, 0.15) is 11.4 Å². The first-order valence-electron chi connectivity index (χ1n) is 5.31. The number of hydrogen-bond acceptors (Lipinski definition) is 4. The molecule has 0 radical (unpaired) electrons. The van der Waals surface area contributed by atoms with Crippen LogP contribution in [0.3, 0.4) is 0 Å². The van der Waals surface area contributed by atoms with Gasteiger partial charge in [0.25, 0.3) is 0 Å². The summed E-state index contributed by atoms with van der Waals surface area (Å²) in [5, 5.41) is 8.71. The zero-order chi connectivity index (χ0) is 14.0. The first-order chi connectivity index (χ1) is 8.90. The standard InChI is InChI=1S/C10H9ClF3N5/c1-2-5-3-7(19-18-5)16-8-6(10(12,13)14)4-15-9(11)17-8/h3-4H,2H2,1H3,(H2,15,16,17,18,19). The SMILES string of the molecule is CCc1cc(Nc2nc(Cl)ncc2C(F)(F)F)n[nH]1. The molecule has 0 spiro atoms. The number of rotatable bonds is 3. The molecule has 0 fully saturated rings. The Bertz CT molecular complexity index is 581. The van der Waals surface area contributed by atoms with Gasteiger partial charge in [0.05, 0.1) is 0 Å². The van der Waals surface area contributed by atoms with Crippen molar-refractivity contribution in [3.05, 3.63) is 28.8 Å². The molecule has 0 aliphatic carbocycles. The van der Waals surface area contributed by atoms with Crippen LogP contribution in [-0.2, 0) is 12.6 Å². The quantitative estimate of drug-likeness (QED) is 0.852. The number of nitrogens with one attached hydrogen (secondary N) is 2. The van der Waals surface area contributed by atoms with Gasteiger partial charge in [-0.15, -0.1) is 0 Å². The average molecular weight is 292 g/mol. The number of halogens is 4. The van der Waals surface area contributed by atoms with Gasteiger partial charge in [0, 0.05) is 18.0 Å². The van der Waals surface area contributed by atoms with E-state index in [4.69, 9.17) is 11.6 Å². The van der Waals surface area contributed by atoms with Gasteiger partial charge in [-0.2, -0.15) is 23.3 Å². The van der Waals surface area contributed by atoms with Gasteiger partial charge in [0.15, 0.2) is 5.82 Å². The normalized spacial score (nSPS) is 11.6. The molecule has 2 heterocycles. The molecule has 2 aromatic heterocycles. The highest BCUT2D eigenvalue weighted by molar-refractivity contribution is 6.28. The number of hydrogen-bond donors (Lipinski definition) is 2. The lowest BCUT2D eigenvalue weighted by atomic mass is 10.3. The largest absolute Gasteiger partial charge is 0.421 e. The molecule has 0 saturated carbocycles. The summed E-state index contributed by atoms with van der Waals surface area (Å²) < 4.78 is 38.3. The third-order valence-corrected chi connectivity index (χ3v) is 2.51. The van der Waals surface area contributed by atoms with E-state index >= 15 is 0 Å². The number of aryl methyl sites for hydroxylation is 1. The van der Waals surface area contributed by atoms with Crippen molar-refractivity contribution < 1.29 is 13.2 Å². The van der Waals surface area contributed by atoms with Gasteiger partial charge in [-0.3, -0.25) is 5.10 Å². The van der Waals surface area contributed by atoms with E-state index in [9.17, 15) is 13.2 Å². The van der Waals surface area contributed by atoms with Crippen molar-refractivity contribution in [3.8, 4) is 0 Å². The maximum atomic E-state index is 12.8. The minimum atomic E-state index is -4.57. The molecular formula is C10H9ClF3N5. The lowest BCUT2D eigenvalue weighted by Gasteiger charge is -2.11. The van der Waals surface area contributed by atoms with Crippen LogP contribution in [0.4, 0.5) is 24.8 Å². The summed E-state index contributed by atoms with van der Waals surface area (Å²) in [4.78, 5) is 6.87. The summed E-state index contributed by atoms with van der Waals surface area (Å²) in [6.45, 7) is 1.89. The Balaban J connectivity index is 2.35. The minimum Gasteiger partial charge on any atom is -0.323 e. The smallest absolute Gasteiger partial charge is 0.323 e. The summed E-state index contributed by atoms with van der Waals surface area (Å²) in [6, 6.07) is 1.59. The Morgan fingerprint density at radius 1 is 1.42 bits per heavy atom. The van der Waals surface area contributed by atoms with E-state index in [-0.39, 0.29) is 11.1 Å². The molecule has 0 atom stereocenters. The molecule has 0 amide bonds. The number of aromatic amines is 1. The zero-order valence-electron chi connectivity index (χ0n) is 9.72. The van der Waals surface area contributed by atoms with Crippen molar-refractivity contribution in [1.82, 2.24) is 20.2 Å². The Labute approximate surface area is 111 Å². The maximum Gasteiger partial charge on any atom is 0.421 e. The fraction of sp³-hybridized carbons (Fsp3) is 0.300. The zero-order valence-corrected chi connectivity index (χ0v) is 10.5. The van der Waals surface area contributed by atoms with Crippen molar-refractivity contribution in [1.29, 1.82) is 0 Å². The van der Waals surface area contributed by atoms with E-state index < -0.39 is 17.6 Å². The van der Waals surface area contributed by atoms with E-state index in [0.717, 1.165) is 5.69 Å². The van der Waals surface area contributed by atoms with Crippen molar-refractivity contribution in [2.45, 2.75) is 19.5 Å². The number of H-pyrrole nitrogens is 1. The van der Waals surface area contributed by atoms with Gasteiger partial charge in [0.2, 0.25) is 5.28 Å². The predicted octanol–water partition coefficient (Wildman–Crippen LogP) is 3.18. The Kier molecular flexibility index (Phi) is 3.61. The van der Waals surface area contributed by atoms with Crippen LogP contribution in [0.15, 0.2) is 12.3 Å². The monoisotopic (exact) mass is 291 g/mol. The highest BCUT2D eigenvalue weighted by Crippen LogP contribution is 2.34. The summed E-state index contributed by atoms with van der Waals surface area (Å²) in [6.07, 6.45) is -3.26. The lowest BCUT2D eigenvalue weighted by molar-refractivity contribution is -0.137. The van der Waals surface area contributed by atoms with Crippen LogP contribution >= 0.6 is 11.6 Å². The Morgan fingerprint density at radius 2 is 2.16 bits per heavy atom. The molecule has 0 aliphatic rings. The Morgan fingerprint density at radius 3 is 2.74 bits per heavy atom. The molecule has 19 heavy (non-hydrogen) atoms. The highest BCUT2D eigenvalue weighted by Gasteiger charge is 2.35. The van der Waals surface area contributed by atoms with E-state index in [0.29, 0.717) is 12.6 Å². The van der Waals surface area contributed by atoms with Crippen molar-refractivity contribution in [2.75, 3.05) is 5.32 Å². The average Bonchev–Trinajstić information content (AvgIpc) is 2.75. The van der Waals surface area contributed by atoms with Crippen LogP contribution in [0, 0.1) is 0 Å². The fourth-order valence-corrected chi connectivity index (χ4v) is 1.52. The number of nitrogens with zero attached hydrogens (tertiary/aromatic N) is 3. The van der Waals surface area contributed by atoms with E-state index in [1.807, 2.05) is 6.92 Å². The van der Waals surface area contributed by atoms with Gasteiger partial charge < -0.3 is 5.32 Å². The summed E-state index contributed by atoms with van der Waals surface area (Å²) in [7, 11) is 0. The second-order valence-electron chi connectivity index (χ2n) is 3.66. The van der Waals surface area contributed by atoms with E-state index in [2.05, 4.69) is 25.5 Å². The molecule has 0 aliphatic heterocycles. The minimum absolute atomic E-state index is 0.233. The van der Waals surface area contributed by atoms with Crippen molar-refractivity contribution in [3.63, 3.8) is 0 Å². The molecule has 0 saturated heterocycles. The second kappa shape index (κ2) is 5.04. The summed E-state index contributed by atoms with van der Waals surface area (Å²) in [5.74, 6) is -0.196. The molecule has 0 aromatic carbocycles. The topological polar surface area (TPSA) is 66.5 Å². The first-order valence-corrected chi connectivity index (χ1v) is 5.69. The van der Waals surface area contributed by atoms with Crippen molar-refractivity contribution >= 4 is 23.2 Å².